The normalized spacial score (nSPS) is 16.8. The summed E-state index contributed by atoms with van der Waals surface area (Å²) in [5, 5.41) is 0.793. The van der Waals surface area contributed by atoms with Crippen LogP contribution >= 0.6 is 11.6 Å². The van der Waals surface area contributed by atoms with Crippen LogP contribution in [-0.4, -0.2) is 0 Å². The second-order valence-corrected chi connectivity index (χ2v) is 4.86. The number of rotatable bonds is 1. The van der Waals surface area contributed by atoms with Crippen molar-refractivity contribution < 1.29 is 0 Å². The van der Waals surface area contributed by atoms with Crippen LogP contribution in [0.2, 0.25) is 5.02 Å². The van der Waals surface area contributed by atoms with E-state index >= 15 is 0 Å². The maximum atomic E-state index is 6.29. The lowest BCUT2D eigenvalue weighted by atomic mass is 10.0. The Balaban J connectivity index is 2.28. The minimum atomic E-state index is -0.0369. The van der Waals surface area contributed by atoms with E-state index in [0.29, 0.717) is 0 Å². The Morgan fingerprint density at radius 3 is 2.76 bits per heavy atom. The lowest BCUT2D eigenvalue weighted by Gasteiger charge is -2.07. The summed E-state index contributed by atoms with van der Waals surface area (Å²) in [6, 6.07) is 12.4. The fourth-order valence-electron chi connectivity index (χ4n) is 2.57. The third kappa shape index (κ3) is 1.50. The van der Waals surface area contributed by atoms with E-state index in [1.54, 1.807) is 0 Å². The van der Waals surface area contributed by atoms with Crippen LogP contribution < -0.4 is 5.73 Å². The van der Waals surface area contributed by atoms with E-state index in [1.807, 2.05) is 12.1 Å². The van der Waals surface area contributed by atoms with E-state index in [2.05, 4.69) is 31.2 Å². The molecule has 0 saturated carbocycles. The lowest BCUT2D eigenvalue weighted by molar-refractivity contribution is 0.897. The van der Waals surface area contributed by atoms with E-state index in [0.717, 1.165) is 22.6 Å². The molecule has 1 unspecified atom stereocenters. The van der Waals surface area contributed by atoms with Crippen LogP contribution in [0.4, 0.5) is 0 Å². The number of aryl methyl sites for hydroxylation is 1. The van der Waals surface area contributed by atoms with Gasteiger partial charge in [-0.25, -0.2) is 0 Å². The van der Waals surface area contributed by atoms with Crippen molar-refractivity contribution in [1.29, 1.82) is 0 Å². The van der Waals surface area contributed by atoms with Gasteiger partial charge in [0.1, 0.15) is 0 Å². The predicted molar refractivity (Wildman–Crippen MR) is 72.3 cm³/mol. The first-order valence-corrected chi connectivity index (χ1v) is 6.27. The van der Waals surface area contributed by atoms with Crippen LogP contribution in [0.15, 0.2) is 36.4 Å². The minimum Gasteiger partial charge on any atom is -0.320 e. The van der Waals surface area contributed by atoms with Gasteiger partial charge in [-0.2, -0.15) is 0 Å². The summed E-state index contributed by atoms with van der Waals surface area (Å²) in [7, 11) is 0. The first kappa shape index (κ1) is 10.8. The summed E-state index contributed by atoms with van der Waals surface area (Å²) in [4.78, 5) is 0. The Morgan fingerprint density at radius 1 is 1.18 bits per heavy atom. The average Bonchev–Trinajstić information content (AvgIpc) is 2.64. The molecule has 0 aliphatic heterocycles. The highest BCUT2D eigenvalue weighted by Gasteiger charge is 2.27. The third-order valence-corrected chi connectivity index (χ3v) is 3.82. The number of hydrogen-bond donors (Lipinski definition) is 1. The molecule has 2 aromatic rings. The van der Waals surface area contributed by atoms with Crippen molar-refractivity contribution in [3.63, 3.8) is 0 Å². The highest BCUT2D eigenvalue weighted by Crippen LogP contribution is 2.45. The van der Waals surface area contributed by atoms with Crippen molar-refractivity contribution in [3.8, 4) is 11.1 Å². The monoisotopic (exact) mass is 243 g/mol. The van der Waals surface area contributed by atoms with Crippen molar-refractivity contribution in [2.45, 2.75) is 19.4 Å². The molecular formula is C15H14ClN. The van der Waals surface area contributed by atoms with Gasteiger partial charge in [-0.15, -0.1) is 0 Å². The number of nitrogens with two attached hydrogens (primary N) is 1. The van der Waals surface area contributed by atoms with E-state index in [9.17, 15) is 0 Å². The number of halogens is 1. The van der Waals surface area contributed by atoms with Gasteiger partial charge in [0.15, 0.2) is 0 Å². The molecule has 0 radical (unpaired) electrons. The zero-order chi connectivity index (χ0) is 12.0. The molecule has 0 amide bonds. The maximum absolute atomic E-state index is 6.29. The smallest absolute Gasteiger partial charge is 0.0564 e. The molecule has 2 N–H and O–H groups in total. The zero-order valence-electron chi connectivity index (χ0n) is 9.70. The summed E-state index contributed by atoms with van der Waals surface area (Å²) >= 11 is 6.28. The molecule has 3 rings (SSSR count). The van der Waals surface area contributed by atoms with Crippen molar-refractivity contribution in [2.75, 3.05) is 0 Å². The number of benzene rings is 2. The Morgan fingerprint density at radius 2 is 2.00 bits per heavy atom. The average molecular weight is 244 g/mol. The van der Waals surface area contributed by atoms with Crippen LogP contribution in [0, 0.1) is 0 Å². The van der Waals surface area contributed by atoms with Crippen molar-refractivity contribution >= 4 is 11.6 Å². The van der Waals surface area contributed by atoms with E-state index in [-0.39, 0.29) is 6.04 Å². The Kier molecular flexibility index (Phi) is 2.46. The van der Waals surface area contributed by atoms with E-state index < -0.39 is 0 Å². The van der Waals surface area contributed by atoms with Gasteiger partial charge in [-0.1, -0.05) is 48.9 Å². The first-order valence-electron chi connectivity index (χ1n) is 5.89. The fourth-order valence-corrected chi connectivity index (χ4v) is 2.85. The van der Waals surface area contributed by atoms with Gasteiger partial charge >= 0.3 is 0 Å². The fraction of sp³-hybridized carbons (Fsp3) is 0.200. The molecule has 0 aromatic heterocycles. The second-order valence-electron chi connectivity index (χ2n) is 4.46. The van der Waals surface area contributed by atoms with Crippen molar-refractivity contribution in [1.82, 2.24) is 0 Å². The summed E-state index contributed by atoms with van der Waals surface area (Å²) in [5.74, 6) is 0. The Labute approximate surface area is 106 Å². The molecule has 0 bridgehead atoms. The summed E-state index contributed by atoms with van der Waals surface area (Å²) in [5.41, 5.74) is 12.3. The van der Waals surface area contributed by atoms with Crippen LogP contribution in [0.5, 0.6) is 0 Å². The molecule has 0 saturated heterocycles. The van der Waals surface area contributed by atoms with Gasteiger partial charge < -0.3 is 5.73 Å². The van der Waals surface area contributed by atoms with Crippen LogP contribution in [-0.2, 0) is 6.42 Å². The van der Waals surface area contributed by atoms with Gasteiger partial charge in [0.2, 0.25) is 0 Å². The van der Waals surface area contributed by atoms with Gasteiger partial charge in [-0.05, 0) is 34.7 Å². The molecule has 2 heteroatoms. The maximum Gasteiger partial charge on any atom is 0.0564 e. The van der Waals surface area contributed by atoms with Gasteiger partial charge in [0.25, 0.3) is 0 Å². The van der Waals surface area contributed by atoms with Gasteiger partial charge in [0.05, 0.1) is 6.04 Å². The molecule has 0 heterocycles. The molecule has 86 valence electrons. The summed E-state index contributed by atoms with van der Waals surface area (Å²) < 4.78 is 0. The Bertz CT molecular complexity index is 589. The van der Waals surface area contributed by atoms with E-state index in [4.69, 9.17) is 17.3 Å². The highest BCUT2D eigenvalue weighted by atomic mass is 35.5. The molecule has 1 nitrogen and oxygen atoms in total. The van der Waals surface area contributed by atoms with Crippen molar-refractivity contribution in [2.24, 2.45) is 5.73 Å². The molecular weight excluding hydrogens is 230 g/mol. The van der Waals surface area contributed by atoms with Gasteiger partial charge in [0, 0.05) is 10.6 Å². The standard InChI is InChI=1S/C15H14ClN/c1-2-9-6-7-10-12(8-9)15(17)11-4-3-5-13(16)14(10)11/h3-8,15H,2,17H2,1H3. The molecule has 0 spiro atoms. The molecule has 1 aliphatic carbocycles. The predicted octanol–water partition coefficient (Wildman–Crippen LogP) is 3.93. The summed E-state index contributed by atoms with van der Waals surface area (Å²) in [6.07, 6.45) is 1.03. The number of hydrogen-bond acceptors (Lipinski definition) is 1. The molecule has 1 atom stereocenters. The van der Waals surface area contributed by atoms with Gasteiger partial charge in [-0.3, -0.25) is 0 Å². The summed E-state index contributed by atoms with van der Waals surface area (Å²) in [6.45, 7) is 2.16. The molecule has 17 heavy (non-hydrogen) atoms. The lowest BCUT2D eigenvalue weighted by Crippen LogP contribution is -2.08. The molecule has 1 aliphatic rings. The quantitative estimate of drug-likeness (QED) is 0.807. The minimum absolute atomic E-state index is 0.0369. The number of fused-ring (bicyclic) bond motifs is 3. The molecule has 0 fully saturated rings. The third-order valence-electron chi connectivity index (χ3n) is 3.51. The first-order chi connectivity index (χ1) is 8.22. The largest absolute Gasteiger partial charge is 0.320 e. The van der Waals surface area contributed by atoms with Crippen LogP contribution in [0.3, 0.4) is 0 Å². The Hall–Kier alpha value is -1.31. The van der Waals surface area contributed by atoms with Crippen LogP contribution in [0.25, 0.3) is 11.1 Å². The SMILES string of the molecule is CCc1ccc2c(c1)C(N)c1cccc(Cl)c1-2. The zero-order valence-corrected chi connectivity index (χ0v) is 10.5. The molecule has 2 aromatic carbocycles. The van der Waals surface area contributed by atoms with E-state index in [1.165, 1.54) is 16.7 Å². The highest BCUT2D eigenvalue weighted by molar-refractivity contribution is 6.33. The topological polar surface area (TPSA) is 26.0 Å². The second kappa shape index (κ2) is 3.86. The van der Waals surface area contributed by atoms with Crippen LogP contribution in [0.1, 0.15) is 29.7 Å². The van der Waals surface area contributed by atoms with Crippen molar-refractivity contribution in [3.05, 3.63) is 58.1 Å².